The van der Waals surface area contributed by atoms with Crippen molar-refractivity contribution in [3.05, 3.63) is 30.0 Å². The van der Waals surface area contributed by atoms with Crippen LogP contribution in [0.25, 0.3) is 11.0 Å². The number of methoxy groups -OCH3 is 2. The minimum absolute atomic E-state index is 0.0565. The smallest absolute Gasteiger partial charge is 0.408 e. The third-order valence-corrected chi connectivity index (χ3v) is 4.56. The van der Waals surface area contributed by atoms with E-state index in [1.807, 2.05) is 0 Å². The van der Waals surface area contributed by atoms with Gasteiger partial charge in [-0.05, 0) is 18.6 Å². The first-order chi connectivity index (χ1) is 14.3. The van der Waals surface area contributed by atoms with Crippen LogP contribution in [-0.2, 0) is 6.54 Å². The fourth-order valence-corrected chi connectivity index (χ4v) is 3.18. The third kappa shape index (κ3) is 4.50. The number of anilines is 2. The number of benzene rings is 1. The van der Waals surface area contributed by atoms with Crippen LogP contribution in [0.5, 0.6) is 11.5 Å². The van der Waals surface area contributed by atoms with E-state index < -0.39 is 12.2 Å². The van der Waals surface area contributed by atoms with Crippen LogP contribution in [0.15, 0.2) is 24.4 Å². The van der Waals surface area contributed by atoms with E-state index in [0.717, 1.165) is 5.56 Å². The van der Waals surface area contributed by atoms with Gasteiger partial charge in [0.25, 0.3) is 0 Å². The molecule has 0 spiro atoms. The molecule has 0 aliphatic heterocycles. The van der Waals surface area contributed by atoms with Crippen LogP contribution in [0.4, 0.5) is 24.9 Å². The predicted molar refractivity (Wildman–Crippen MR) is 107 cm³/mol. The number of nitrogens with one attached hydrogen (secondary N) is 1. The van der Waals surface area contributed by atoms with Gasteiger partial charge < -0.3 is 20.5 Å². The van der Waals surface area contributed by atoms with Crippen molar-refractivity contribution in [2.45, 2.75) is 38.5 Å². The fraction of sp³-hybridized carbons (Fsp3) is 0.421. The molecule has 162 valence electrons. The molecule has 0 saturated heterocycles. The summed E-state index contributed by atoms with van der Waals surface area (Å²) in [4.78, 5) is 8.05. The number of aromatic nitrogens is 4. The monoisotopic (exact) mass is 424 g/mol. The summed E-state index contributed by atoms with van der Waals surface area (Å²) in [6.45, 7) is 1.93. The van der Waals surface area contributed by atoms with Crippen LogP contribution in [0.2, 0.25) is 0 Å². The topological polar surface area (TPSA) is 100 Å². The molecule has 0 aliphatic rings. The molecule has 0 radical (unpaired) electrons. The Kier molecular flexibility index (Phi) is 6.18. The van der Waals surface area contributed by atoms with Crippen LogP contribution >= 0.6 is 0 Å². The van der Waals surface area contributed by atoms with Crippen LogP contribution in [-0.4, -0.2) is 46.2 Å². The van der Waals surface area contributed by atoms with Crippen molar-refractivity contribution in [1.82, 2.24) is 19.7 Å². The molecule has 0 aliphatic carbocycles. The van der Waals surface area contributed by atoms with Crippen LogP contribution in [0.3, 0.4) is 0 Å². The number of fused-ring (bicyclic) bond motifs is 1. The number of hydrogen-bond donors (Lipinski definition) is 2. The summed E-state index contributed by atoms with van der Waals surface area (Å²) in [5.41, 5.74) is 6.97. The van der Waals surface area contributed by atoms with Gasteiger partial charge in [-0.1, -0.05) is 19.4 Å². The molecule has 0 unspecified atom stereocenters. The molecule has 3 rings (SSSR count). The number of ether oxygens (including phenoxy) is 2. The Morgan fingerprint density at radius 3 is 2.40 bits per heavy atom. The maximum atomic E-state index is 13.4. The van der Waals surface area contributed by atoms with Crippen LogP contribution in [0.1, 0.15) is 25.3 Å². The Morgan fingerprint density at radius 2 is 1.83 bits per heavy atom. The maximum absolute atomic E-state index is 13.4. The average molecular weight is 424 g/mol. The Hall–Kier alpha value is -3.24. The van der Waals surface area contributed by atoms with Crippen molar-refractivity contribution in [2.24, 2.45) is 0 Å². The van der Waals surface area contributed by atoms with E-state index in [1.165, 1.54) is 18.9 Å². The zero-order valence-electron chi connectivity index (χ0n) is 16.8. The highest BCUT2D eigenvalue weighted by Gasteiger charge is 2.39. The highest BCUT2D eigenvalue weighted by atomic mass is 19.4. The maximum Gasteiger partial charge on any atom is 0.408 e. The molecule has 0 saturated carbocycles. The highest BCUT2D eigenvalue weighted by molar-refractivity contribution is 5.86. The summed E-state index contributed by atoms with van der Waals surface area (Å²) < 4.78 is 52.4. The van der Waals surface area contributed by atoms with Crippen LogP contribution in [0, 0.1) is 0 Å². The van der Waals surface area contributed by atoms with Gasteiger partial charge in [-0.25, -0.2) is 4.98 Å². The lowest BCUT2D eigenvalue weighted by Crippen LogP contribution is -2.36. The second-order valence-electron chi connectivity index (χ2n) is 6.66. The molecule has 2 aromatic heterocycles. The van der Waals surface area contributed by atoms with Crippen LogP contribution < -0.4 is 20.5 Å². The lowest BCUT2D eigenvalue weighted by Gasteiger charge is -2.21. The van der Waals surface area contributed by atoms with E-state index in [0.29, 0.717) is 23.4 Å². The Labute approximate surface area is 171 Å². The Bertz CT molecular complexity index is 999. The predicted octanol–water partition coefficient (Wildman–Crippen LogP) is 3.62. The second-order valence-corrected chi connectivity index (χ2v) is 6.66. The number of halogens is 3. The molecule has 1 aromatic carbocycles. The molecule has 11 heteroatoms. The van der Waals surface area contributed by atoms with Gasteiger partial charge >= 0.3 is 6.18 Å². The quantitative estimate of drug-likeness (QED) is 0.570. The molecular weight excluding hydrogens is 401 g/mol. The molecule has 30 heavy (non-hydrogen) atoms. The number of nitrogen functional groups attached to an aromatic ring is 1. The van der Waals surface area contributed by atoms with Crippen molar-refractivity contribution in [1.29, 1.82) is 0 Å². The first-order valence-electron chi connectivity index (χ1n) is 9.30. The molecule has 3 aromatic rings. The minimum atomic E-state index is -4.44. The zero-order chi connectivity index (χ0) is 21.9. The second kappa shape index (κ2) is 8.64. The first-order valence-corrected chi connectivity index (χ1v) is 9.30. The van der Waals surface area contributed by atoms with Crippen molar-refractivity contribution >= 4 is 22.8 Å². The van der Waals surface area contributed by atoms with Crippen molar-refractivity contribution in [3.8, 4) is 11.5 Å². The van der Waals surface area contributed by atoms with Crippen molar-refractivity contribution < 1.29 is 22.6 Å². The lowest BCUT2D eigenvalue weighted by atomic mass is 10.1. The third-order valence-electron chi connectivity index (χ3n) is 4.56. The zero-order valence-corrected chi connectivity index (χ0v) is 16.8. The van der Waals surface area contributed by atoms with Gasteiger partial charge in [0.2, 0.25) is 5.95 Å². The molecule has 0 bridgehead atoms. The summed E-state index contributed by atoms with van der Waals surface area (Å²) in [6.07, 6.45) is -2.60. The summed E-state index contributed by atoms with van der Waals surface area (Å²) in [5.74, 6) is 0.992. The Morgan fingerprint density at radius 1 is 1.17 bits per heavy atom. The highest BCUT2D eigenvalue weighted by Crippen LogP contribution is 2.31. The van der Waals surface area contributed by atoms with Gasteiger partial charge in [0, 0.05) is 0 Å². The average Bonchev–Trinajstić information content (AvgIpc) is 3.09. The molecule has 1 atom stereocenters. The lowest BCUT2D eigenvalue weighted by molar-refractivity contribution is -0.143. The Balaban J connectivity index is 2.00. The normalized spacial score (nSPS) is 12.7. The molecule has 0 fully saturated rings. The van der Waals surface area contributed by atoms with Gasteiger partial charge in [0.05, 0.1) is 32.5 Å². The molecule has 2 heterocycles. The summed E-state index contributed by atoms with van der Waals surface area (Å²) in [7, 11) is 3.08. The number of rotatable bonds is 8. The molecule has 8 nitrogen and oxygen atoms in total. The van der Waals surface area contributed by atoms with Crippen molar-refractivity contribution in [2.75, 3.05) is 25.3 Å². The first kappa shape index (κ1) is 21.5. The largest absolute Gasteiger partial charge is 0.496 e. The van der Waals surface area contributed by atoms with E-state index in [2.05, 4.69) is 20.4 Å². The SMILES string of the molecule is CCC[C@@H](Nc1nc(N)nc2cn(Cc3c(OC)cccc3OC)nc12)C(F)(F)F. The van der Waals surface area contributed by atoms with E-state index in [9.17, 15) is 13.2 Å². The van der Waals surface area contributed by atoms with Gasteiger partial charge in [-0.15, -0.1) is 0 Å². The summed E-state index contributed by atoms with van der Waals surface area (Å²) in [5, 5.41) is 6.83. The van der Waals surface area contributed by atoms with E-state index in [4.69, 9.17) is 15.2 Å². The molecule has 3 N–H and O–H groups in total. The summed E-state index contributed by atoms with van der Waals surface area (Å²) in [6, 6.07) is 3.59. The van der Waals surface area contributed by atoms with E-state index >= 15 is 0 Å². The van der Waals surface area contributed by atoms with Gasteiger partial charge in [-0.2, -0.15) is 23.3 Å². The summed E-state index contributed by atoms with van der Waals surface area (Å²) >= 11 is 0. The molecule has 0 amide bonds. The minimum Gasteiger partial charge on any atom is -0.496 e. The molecular formula is C19H23F3N6O2. The van der Waals surface area contributed by atoms with Gasteiger partial charge in [-0.3, -0.25) is 4.68 Å². The van der Waals surface area contributed by atoms with Gasteiger partial charge in [0.1, 0.15) is 23.1 Å². The van der Waals surface area contributed by atoms with E-state index in [1.54, 1.807) is 31.3 Å². The number of nitrogens with zero attached hydrogens (tertiary/aromatic N) is 4. The number of alkyl halides is 3. The number of hydrogen-bond acceptors (Lipinski definition) is 7. The van der Waals surface area contributed by atoms with Gasteiger partial charge in [0.15, 0.2) is 11.3 Å². The fourth-order valence-electron chi connectivity index (χ4n) is 3.18. The standard InChI is InChI=1S/C19H23F3N6O2/c1-4-6-15(19(20,21)22)25-17-16-12(24-18(23)26-17)10-28(27-16)9-11-13(29-2)7-5-8-14(11)30-3/h5,7-8,10,15H,4,6,9H2,1-3H3,(H3,23,24,25,26)/t15-/m1/s1. The number of nitrogens with two attached hydrogens (primary N) is 1. The van der Waals surface area contributed by atoms with E-state index in [-0.39, 0.29) is 30.2 Å². The van der Waals surface area contributed by atoms with Crippen molar-refractivity contribution in [3.63, 3.8) is 0 Å².